The summed E-state index contributed by atoms with van der Waals surface area (Å²) in [5, 5.41) is 7.14. The summed E-state index contributed by atoms with van der Waals surface area (Å²) in [7, 11) is 0. The maximum Gasteiger partial charge on any atom is 0.253 e. The van der Waals surface area contributed by atoms with Crippen LogP contribution in [0.5, 0.6) is 0 Å². The summed E-state index contributed by atoms with van der Waals surface area (Å²) in [5.41, 5.74) is 3.04. The van der Waals surface area contributed by atoms with Crippen LogP contribution in [0.25, 0.3) is 10.9 Å². The molecule has 27 heavy (non-hydrogen) atoms. The third-order valence-corrected chi connectivity index (χ3v) is 4.08. The van der Waals surface area contributed by atoms with Gasteiger partial charge < -0.3 is 10.6 Å². The molecule has 4 rings (SSSR count). The quantitative estimate of drug-likeness (QED) is 0.571. The molecule has 2 N–H and O–H groups in total. The molecule has 0 bridgehead atoms. The second-order valence-corrected chi connectivity index (χ2v) is 5.94. The minimum absolute atomic E-state index is 0.188. The van der Waals surface area contributed by atoms with Crippen LogP contribution in [-0.4, -0.2) is 20.9 Å². The molecule has 4 aromatic rings. The van der Waals surface area contributed by atoms with Crippen molar-refractivity contribution in [1.82, 2.24) is 20.3 Å². The summed E-state index contributed by atoms with van der Waals surface area (Å²) in [6.07, 6.45) is 5.01. The van der Waals surface area contributed by atoms with E-state index >= 15 is 0 Å². The zero-order valence-electron chi connectivity index (χ0n) is 14.5. The lowest BCUT2D eigenvalue weighted by molar-refractivity contribution is 0.0950. The van der Waals surface area contributed by atoms with E-state index in [1.54, 1.807) is 30.7 Å². The fourth-order valence-electron chi connectivity index (χ4n) is 2.72. The Balaban J connectivity index is 1.45. The monoisotopic (exact) mass is 355 g/mol. The van der Waals surface area contributed by atoms with Gasteiger partial charge in [-0.3, -0.25) is 14.8 Å². The van der Waals surface area contributed by atoms with Gasteiger partial charge >= 0.3 is 0 Å². The molecule has 0 fully saturated rings. The molecular formula is C21H17N5O. The van der Waals surface area contributed by atoms with Crippen LogP contribution in [0.15, 0.2) is 79.3 Å². The van der Waals surface area contributed by atoms with Gasteiger partial charge in [0.2, 0.25) is 0 Å². The van der Waals surface area contributed by atoms with Crippen molar-refractivity contribution in [3.8, 4) is 0 Å². The zero-order valence-corrected chi connectivity index (χ0v) is 14.5. The van der Waals surface area contributed by atoms with Gasteiger partial charge in [-0.15, -0.1) is 0 Å². The predicted octanol–water partition coefficient (Wildman–Crippen LogP) is 3.70. The molecule has 3 aromatic heterocycles. The molecule has 0 aliphatic carbocycles. The van der Waals surface area contributed by atoms with Gasteiger partial charge in [-0.25, -0.2) is 4.98 Å². The molecule has 0 aliphatic rings. The highest BCUT2D eigenvalue weighted by Crippen LogP contribution is 2.23. The minimum atomic E-state index is -0.188. The summed E-state index contributed by atoms with van der Waals surface area (Å²) >= 11 is 0. The highest BCUT2D eigenvalue weighted by Gasteiger charge is 2.07. The fraction of sp³-hybridized carbons (Fsp3) is 0.0476. The molecular weight excluding hydrogens is 338 g/mol. The van der Waals surface area contributed by atoms with Gasteiger partial charge in [0.05, 0.1) is 29.0 Å². The molecule has 0 saturated heterocycles. The second-order valence-electron chi connectivity index (χ2n) is 5.94. The number of nitrogens with zero attached hydrogens (tertiary/aromatic N) is 3. The number of benzene rings is 1. The van der Waals surface area contributed by atoms with E-state index in [2.05, 4.69) is 25.6 Å². The Morgan fingerprint density at radius 3 is 2.56 bits per heavy atom. The van der Waals surface area contributed by atoms with Crippen LogP contribution in [0, 0.1) is 0 Å². The van der Waals surface area contributed by atoms with Gasteiger partial charge in [0.15, 0.2) is 0 Å². The maximum atomic E-state index is 12.3. The fourth-order valence-corrected chi connectivity index (χ4v) is 2.72. The lowest BCUT2D eigenvalue weighted by Crippen LogP contribution is -2.23. The first-order chi connectivity index (χ1) is 13.3. The van der Waals surface area contributed by atoms with Crippen molar-refractivity contribution >= 4 is 28.3 Å². The van der Waals surface area contributed by atoms with E-state index in [0.29, 0.717) is 17.9 Å². The van der Waals surface area contributed by atoms with Crippen LogP contribution in [0.1, 0.15) is 16.1 Å². The summed E-state index contributed by atoms with van der Waals surface area (Å²) < 4.78 is 0. The number of carbonyl (C=O) groups is 1. The molecule has 6 nitrogen and oxygen atoms in total. The third-order valence-electron chi connectivity index (χ3n) is 4.08. The minimum Gasteiger partial charge on any atom is -0.346 e. The number of aromatic nitrogens is 3. The first kappa shape index (κ1) is 16.7. The van der Waals surface area contributed by atoms with Gasteiger partial charge in [-0.05, 0) is 36.4 Å². The van der Waals surface area contributed by atoms with E-state index in [0.717, 1.165) is 22.3 Å². The molecule has 0 spiro atoms. The number of para-hydroxylation sites is 1. The molecule has 1 amide bonds. The van der Waals surface area contributed by atoms with Crippen molar-refractivity contribution in [1.29, 1.82) is 0 Å². The molecule has 0 aliphatic heterocycles. The zero-order chi connectivity index (χ0) is 18.5. The van der Waals surface area contributed by atoms with E-state index in [1.807, 2.05) is 48.5 Å². The number of hydrogen-bond donors (Lipinski definition) is 2. The maximum absolute atomic E-state index is 12.3. The molecule has 6 heteroatoms. The first-order valence-corrected chi connectivity index (χ1v) is 8.54. The third kappa shape index (κ3) is 3.90. The Labute approximate surface area is 156 Å². The van der Waals surface area contributed by atoms with Crippen molar-refractivity contribution < 1.29 is 4.79 Å². The van der Waals surface area contributed by atoms with E-state index in [-0.39, 0.29) is 5.91 Å². The number of rotatable bonds is 5. The summed E-state index contributed by atoms with van der Waals surface area (Å²) in [5.74, 6) is 0.459. The van der Waals surface area contributed by atoms with E-state index in [9.17, 15) is 4.79 Å². The summed E-state index contributed by atoms with van der Waals surface area (Å²) in [6, 6.07) is 18.9. The Kier molecular flexibility index (Phi) is 4.70. The Morgan fingerprint density at radius 2 is 1.74 bits per heavy atom. The summed E-state index contributed by atoms with van der Waals surface area (Å²) in [4.78, 5) is 25.2. The van der Waals surface area contributed by atoms with Gasteiger partial charge in [0.25, 0.3) is 5.91 Å². The molecule has 0 atom stereocenters. The molecule has 1 aromatic carbocycles. The number of pyridine rings is 3. The average Bonchev–Trinajstić information content (AvgIpc) is 2.74. The lowest BCUT2D eigenvalue weighted by Gasteiger charge is -2.09. The van der Waals surface area contributed by atoms with Crippen LogP contribution in [0.3, 0.4) is 0 Å². The standard InChI is InChI=1S/C21H17N5O/c27-21(25-14-17-7-1-2-11-22-17)16-9-10-19(24-13-16)26-18-8-3-5-15-6-4-12-23-20(15)18/h1-13H,14H2,(H,24,26)(H,25,27). The number of nitrogens with one attached hydrogen (secondary N) is 2. The van der Waals surface area contributed by atoms with Crippen molar-refractivity contribution in [2.75, 3.05) is 5.32 Å². The number of amides is 1. The van der Waals surface area contributed by atoms with E-state index < -0.39 is 0 Å². The number of fused-ring (bicyclic) bond motifs is 1. The molecule has 132 valence electrons. The van der Waals surface area contributed by atoms with E-state index in [4.69, 9.17) is 0 Å². The van der Waals surface area contributed by atoms with Gasteiger partial charge in [-0.1, -0.05) is 24.3 Å². The van der Waals surface area contributed by atoms with Gasteiger partial charge in [-0.2, -0.15) is 0 Å². The van der Waals surface area contributed by atoms with Crippen molar-refractivity contribution in [2.24, 2.45) is 0 Å². The van der Waals surface area contributed by atoms with Crippen molar-refractivity contribution in [2.45, 2.75) is 6.54 Å². The normalized spacial score (nSPS) is 10.5. The van der Waals surface area contributed by atoms with Crippen LogP contribution in [0.2, 0.25) is 0 Å². The first-order valence-electron chi connectivity index (χ1n) is 8.54. The Morgan fingerprint density at radius 1 is 0.852 bits per heavy atom. The average molecular weight is 355 g/mol. The van der Waals surface area contributed by atoms with Gasteiger partial charge in [0.1, 0.15) is 5.82 Å². The largest absolute Gasteiger partial charge is 0.346 e. The number of carbonyl (C=O) groups excluding carboxylic acids is 1. The van der Waals surface area contributed by atoms with Crippen LogP contribution >= 0.6 is 0 Å². The van der Waals surface area contributed by atoms with Gasteiger partial charge in [0, 0.05) is 24.0 Å². The molecule has 0 saturated carbocycles. The SMILES string of the molecule is O=C(NCc1ccccn1)c1ccc(Nc2cccc3cccnc23)nc1. The van der Waals surface area contributed by atoms with Crippen molar-refractivity contribution in [3.63, 3.8) is 0 Å². The summed E-state index contributed by atoms with van der Waals surface area (Å²) in [6.45, 7) is 0.376. The predicted molar refractivity (Wildman–Crippen MR) is 105 cm³/mol. The Bertz CT molecular complexity index is 1060. The highest BCUT2D eigenvalue weighted by atomic mass is 16.1. The second kappa shape index (κ2) is 7.61. The smallest absolute Gasteiger partial charge is 0.253 e. The van der Waals surface area contributed by atoms with Crippen LogP contribution in [0.4, 0.5) is 11.5 Å². The van der Waals surface area contributed by atoms with Crippen molar-refractivity contribution in [3.05, 3.63) is 90.5 Å². The molecule has 0 radical (unpaired) electrons. The number of hydrogen-bond acceptors (Lipinski definition) is 5. The van der Waals surface area contributed by atoms with E-state index in [1.165, 1.54) is 0 Å². The highest BCUT2D eigenvalue weighted by molar-refractivity contribution is 5.94. The van der Waals surface area contributed by atoms with Crippen LogP contribution < -0.4 is 10.6 Å². The lowest BCUT2D eigenvalue weighted by atomic mass is 10.2. The Hall–Kier alpha value is -3.80. The molecule has 3 heterocycles. The van der Waals surface area contributed by atoms with Crippen LogP contribution in [-0.2, 0) is 6.54 Å². The topological polar surface area (TPSA) is 79.8 Å². The number of anilines is 2. The molecule has 0 unspecified atom stereocenters.